The van der Waals surface area contributed by atoms with E-state index < -0.39 is 9.84 Å². The third-order valence-electron chi connectivity index (χ3n) is 4.44. The van der Waals surface area contributed by atoms with E-state index in [1.54, 1.807) is 12.1 Å². The zero-order chi connectivity index (χ0) is 13.8. The molecule has 3 rings (SSSR count). The first kappa shape index (κ1) is 13.4. The van der Waals surface area contributed by atoms with Crippen LogP contribution in [0.5, 0.6) is 0 Å². The molecule has 0 spiro atoms. The number of benzene rings is 1. The molecule has 1 aromatic carbocycles. The molecule has 1 atom stereocenters. The van der Waals surface area contributed by atoms with Crippen molar-refractivity contribution >= 4 is 21.4 Å². The highest BCUT2D eigenvalue weighted by Gasteiger charge is 2.48. The Bertz CT molecular complexity index is 616. The number of hydrogen-bond acceptors (Lipinski definition) is 3. The van der Waals surface area contributed by atoms with Crippen LogP contribution >= 0.6 is 11.6 Å². The fourth-order valence-corrected chi connectivity index (χ4v) is 4.95. The average molecular weight is 300 g/mol. The molecule has 0 saturated heterocycles. The van der Waals surface area contributed by atoms with Crippen molar-refractivity contribution in [3.63, 3.8) is 0 Å². The predicted molar refractivity (Wildman–Crippen MR) is 76.2 cm³/mol. The van der Waals surface area contributed by atoms with Crippen molar-refractivity contribution in [3.8, 4) is 0 Å². The maximum Gasteiger partial charge on any atom is 0.182 e. The van der Waals surface area contributed by atoms with Crippen LogP contribution in [0.1, 0.15) is 38.2 Å². The van der Waals surface area contributed by atoms with Gasteiger partial charge in [0.1, 0.15) is 0 Å². The summed E-state index contributed by atoms with van der Waals surface area (Å²) >= 11 is 6.20. The normalized spacial score (nSPS) is 23.1. The van der Waals surface area contributed by atoms with E-state index in [9.17, 15) is 8.42 Å². The molecule has 2 N–H and O–H groups in total. The Kier molecular flexibility index (Phi) is 2.97. The molecule has 0 amide bonds. The molecule has 19 heavy (non-hydrogen) atoms. The summed E-state index contributed by atoms with van der Waals surface area (Å²) in [6.45, 7) is 2.00. The molecule has 2 aliphatic rings. The molecule has 5 heteroatoms. The molecule has 1 unspecified atom stereocenters. The highest BCUT2D eigenvalue weighted by atomic mass is 35.5. The molecule has 0 bridgehead atoms. The third-order valence-corrected chi connectivity index (χ3v) is 7.18. The van der Waals surface area contributed by atoms with Gasteiger partial charge >= 0.3 is 0 Å². The molecule has 0 radical (unpaired) electrons. The molecule has 0 aromatic heterocycles. The van der Waals surface area contributed by atoms with Crippen molar-refractivity contribution in [1.82, 2.24) is 0 Å². The highest BCUT2D eigenvalue weighted by Crippen LogP contribution is 2.51. The molecular formula is C14H18ClNO2S. The molecule has 0 heterocycles. The smallest absolute Gasteiger partial charge is 0.182 e. The van der Waals surface area contributed by atoms with Crippen molar-refractivity contribution in [3.05, 3.63) is 28.8 Å². The van der Waals surface area contributed by atoms with Crippen LogP contribution in [0.4, 0.5) is 0 Å². The Labute approximate surface area is 119 Å². The molecule has 2 aliphatic carbocycles. The van der Waals surface area contributed by atoms with Gasteiger partial charge in [0.25, 0.3) is 0 Å². The standard InChI is InChI=1S/C14H18ClNO2S/c1-9(16)14(6-7-14)10-2-5-13(12(15)8-10)19(17,18)11-3-4-11/h2,5,8-9,11H,3-4,6-7,16H2,1H3. The number of rotatable bonds is 4. The van der Waals surface area contributed by atoms with Gasteiger partial charge in [-0.3, -0.25) is 0 Å². The number of nitrogens with two attached hydrogens (primary N) is 1. The lowest BCUT2D eigenvalue weighted by atomic mass is 9.90. The summed E-state index contributed by atoms with van der Waals surface area (Å²) in [6.07, 6.45) is 3.61. The maximum absolute atomic E-state index is 12.2. The maximum atomic E-state index is 12.2. The van der Waals surface area contributed by atoms with Gasteiger partial charge in [0, 0.05) is 11.5 Å². The number of halogens is 1. The minimum Gasteiger partial charge on any atom is -0.327 e. The van der Waals surface area contributed by atoms with Gasteiger partial charge in [0.2, 0.25) is 0 Å². The first-order valence-corrected chi connectivity index (χ1v) is 8.60. The lowest BCUT2D eigenvalue weighted by Crippen LogP contribution is -2.31. The summed E-state index contributed by atoms with van der Waals surface area (Å²) in [4.78, 5) is 0.279. The van der Waals surface area contributed by atoms with Gasteiger partial charge in [-0.15, -0.1) is 0 Å². The van der Waals surface area contributed by atoms with Crippen molar-refractivity contribution in [1.29, 1.82) is 0 Å². The predicted octanol–water partition coefficient (Wildman–Crippen LogP) is 2.65. The summed E-state index contributed by atoms with van der Waals surface area (Å²) in [5.41, 5.74) is 7.11. The molecule has 2 fully saturated rings. The molecule has 0 aliphatic heterocycles. The fraction of sp³-hybridized carbons (Fsp3) is 0.571. The van der Waals surface area contributed by atoms with Crippen LogP contribution in [0.2, 0.25) is 5.02 Å². The van der Waals surface area contributed by atoms with E-state index in [1.807, 2.05) is 13.0 Å². The fourth-order valence-electron chi connectivity index (χ4n) is 2.74. The second-order valence-electron chi connectivity index (χ2n) is 5.83. The summed E-state index contributed by atoms with van der Waals surface area (Å²) in [7, 11) is -3.22. The van der Waals surface area contributed by atoms with E-state index in [1.165, 1.54) is 0 Å². The summed E-state index contributed by atoms with van der Waals surface area (Å²) < 4.78 is 24.4. The van der Waals surface area contributed by atoms with Crippen molar-refractivity contribution in [2.24, 2.45) is 5.73 Å². The SMILES string of the molecule is CC(N)C1(c2ccc(S(=O)(=O)C3CC3)c(Cl)c2)CC1. The van der Waals surface area contributed by atoms with Crippen molar-refractivity contribution in [2.45, 2.75) is 54.2 Å². The van der Waals surface area contributed by atoms with Gasteiger partial charge in [0.15, 0.2) is 9.84 Å². The monoisotopic (exact) mass is 299 g/mol. The van der Waals surface area contributed by atoms with Crippen LogP contribution in [0.3, 0.4) is 0 Å². The van der Waals surface area contributed by atoms with Crippen LogP contribution in [0.15, 0.2) is 23.1 Å². The Balaban J connectivity index is 1.99. The lowest BCUT2D eigenvalue weighted by Gasteiger charge is -2.21. The van der Waals surface area contributed by atoms with Gasteiger partial charge in [-0.2, -0.15) is 0 Å². The second kappa shape index (κ2) is 4.21. The molecule has 1 aromatic rings. The van der Waals surface area contributed by atoms with Crippen LogP contribution in [-0.4, -0.2) is 19.7 Å². The van der Waals surface area contributed by atoms with Gasteiger partial charge in [-0.1, -0.05) is 17.7 Å². The van der Waals surface area contributed by atoms with Crippen molar-refractivity contribution in [2.75, 3.05) is 0 Å². The van der Waals surface area contributed by atoms with E-state index in [0.717, 1.165) is 31.2 Å². The van der Waals surface area contributed by atoms with E-state index >= 15 is 0 Å². The molecule has 3 nitrogen and oxygen atoms in total. The topological polar surface area (TPSA) is 60.2 Å². The third kappa shape index (κ3) is 2.10. The first-order valence-electron chi connectivity index (χ1n) is 6.67. The minimum atomic E-state index is -3.22. The van der Waals surface area contributed by atoms with E-state index in [2.05, 4.69) is 0 Å². The summed E-state index contributed by atoms with van der Waals surface area (Å²) in [5, 5.41) is 0.121. The summed E-state index contributed by atoms with van der Waals surface area (Å²) in [5.74, 6) is 0. The Morgan fingerprint density at radius 1 is 1.37 bits per heavy atom. The van der Waals surface area contributed by atoms with Crippen LogP contribution in [0.25, 0.3) is 0 Å². The summed E-state index contributed by atoms with van der Waals surface area (Å²) in [6, 6.07) is 5.41. The van der Waals surface area contributed by atoms with Crippen LogP contribution in [-0.2, 0) is 15.3 Å². The van der Waals surface area contributed by atoms with Gasteiger partial charge < -0.3 is 5.73 Å². The zero-order valence-electron chi connectivity index (χ0n) is 10.9. The number of sulfone groups is 1. The Hall–Kier alpha value is -0.580. The first-order chi connectivity index (χ1) is 8.88. The highest BCUT2D eigenvalue weighted by molar-refractivity contribution is 7.92. The molecule has 104 valence electrons. The Morgan fingerprint density at radius 2 is 2.00 bits per heavy atom. The van der Waals surface area contributed by atoms with Gasteiger partial charge in [0.05, 0.1) is 15.2 Å². The zero-order valence-corrected chi connectivity index (χ0v) is 12.5. The largest absolute Gasteiger partial charge is 0.327 e. The molecular weight excluding hydrogens is 282 g/mol. The van der Waals surface area contributed by atoms with Crippen LogP contribution < -0.4 is 5.73 Å². The molecule has 2 saturated carbocycles. The quantitative estimate of drug-likeness (QED) is 0.930. The minimum absolute atomic E-state index is 0.00547. The average Bonchev–Trinajstić information content (AvgIpc) is 3.19. The van der Waals surface area contributed by atoms with Gasteiger partial charge in [-0.25, -0.2) is 8.42 Å². The van der Waals surface area contributed by atoms with Crippen molar-refractivity contribution < 1.29 is 8.42 Å². The van der Waals surface area contributed by atoms with E-state index in [-0.39, 0.29) is 21.6 Å². The number of hydrogen-bond donors (Lipinski definition) is 1. The second-order valence-corrected chi connectivity index (χ2v) is 8.44. The Morgan fingerprint density at radius 3 is 2.42 bits per heavy atom. The van der Waals surface area contributed by atoms with E-state index in [0.29, 0.717) is 5.02 Å². The van der Waals surface area contributed by atoms with Gasteiger partial charge in [-0.05, 0) is 50.3 Å². The van der Waals surface area contributed by atoms with E-state index in [4.69, 9.17) is 17.3 Å². The lowest BCUT2D eigenvalue weighted by molar-refractivity contribution is 0.556. The van der Waals surface area contributed by atoms with Crippen LogP contribution in [0, 0.1) is 0 Å².